The maximum Gasteiger partial charge on any atom is 0.407 e. The van der Waals surface area contributed by atoms with Gasteiger partial charge in [0.15, 0.2) is 5.96 Å². The summed E-state index contributed by atoms with van der Waals surface area (Å²) in [5, 5.41) is 5.33. The first kappa shape index (κ1) is 33.0. The standard InChI is InChI=1S/C21H45N9O6/c22-9-3-1-7-16(13-34-19(27)31)29-21(33)36-14-17(8-2-4-10-23)30-20(32)35-12-15(24)6-5-11-28-18(25)26/h15-17H,1-14,22-24H2,(H2,27,31)(H,29,33)(H,30,32)(H4,25,26,28)/t15-,16+,17-/m0/s1. The lowest BCUT2D eigenvalue weighted by Gasteiger charge is -2.21. The third kappa shape index (κ3) is 20.3. The molecule has 0 saturated carbocycles. The molecule has 0 aromatic rings. The number of nitrogens with one attached hydrogen (secondary N) is 2. The number of hydrogen-bond donors (Lipinski definition) is 8. The molecule has 15 nitrogen and oxygen atoms in total. The molecule has 3 atom stereocenters. The van der Waals surface area contributed by atoms with Gasteiger partial charge in [-0.05, 0) is 51.6 Å². The highest BCUT2D eigenvalue weighted by Crippen LogP contribution is 2.05. The molecule has 15 heteroatoms. The monoisotopic (exact) mass is 519 g/mol. The Kier molecular flexibility index (Phi) is 19.5. The van der Waals surface area contributed by atoms with Crippen LogP contribution in [0.2, 0.25) is 0 Å². The van der Waals surface area contributed by atoms with Gasteiger partial charge in [0, 0.05) is 12.6 Å². The number of unbranched alkanes of at least 4 members (excludes halogenated alkanes) is 2. The van der Waals surface area contributed by atoms with Gasteiger partial charge in [0.1, 0.15) is 19.8 Å². The topological polar surface area (TPSA) is 271 Å². The van der Waals surface area contributed by atoms with Crippen LogP contribution in [-0.2, 0) is 14.2 Å². The van der Waals surface area contributed by atoms with Gasteiger partial charge in [0.05, 0.1) is 12.1 Å². The lowest BCUT2D eigenvalue weighted by molar-refractivity contribution is 0.104. The number of nitrogens with zero attached hydrogens (tertiary/aromatic N) is 1. The van der Waals surface area contributed by atoms with Gasteiger partial charge < -0.3 is 59.2 Å². The van der Waals surface area contributed by atoms with Gasteiger partial charge in [-0.15, -0.1) is 0 Å². The molecule has 0 aliphatic rings. The molecule has 3 amide bonds. The molecule has 0 fully saturated rings. The zero-order valence-electron chi connectivity index (χ0n) is 21.0. The normalized spacial score (nSPS) is 13.1. The molecule has 0 radical (unpaired) electrons. The van der Waals surface area contributed by atoms with Crippen molar-refractivity contribution in [2.75, 3.05) is 39.5 Å². The van der Waals surface area contributed by atoms with Crippen molar-refractivity contribution in [1.29, 1.82) is 0 Å². The van der Waals surface area contributed by atoms with Gasteiger partial charge in [0.25, 0.3) is 0 Å². The van der Waals surface area contributed by atoms with Crippen LogP contribution >= 0.6 is 0 Å². The summed E-state index contributed by atoms with van der Waals surface area (Å²) in [5.41, 5.74) is 32.5. The molecular weight excluding hydrogens is 474 g/mol. The van der Waals surface area contributed by atoms with Gasteiger partial charge in [-0.3, -0.25) is 4.99 Å². The summed E-state index contributed by atoms with van der Waals surface area (Å²) in [5.74, 6) is 0.0110. The Labute approximate surface area is 212 Å². The van der Waals surface area contributed by atoms with Gasteiger partial charge in [0.2, 0.25) is 0 Å². The fourth-order valence-corrected chi connectivity index (χ4v) is 3.07. The summed E-state index contributed by atoms with van der Waals surface area (Å²) in [7, 11) is 0. The minimum absolute atomic E-state index is 0.00879. The second-order valence-corrected chi connectivity index (χ2v) is 8.29. The lowest BCUT2D eigenvalue weighted by Crippen LogP contribution is -2.44. The maximum absolute atomic E-state index is 12.3. The molecular formula is C21H45N9O6. The van der Waals surface area contributed by atoms with Crippen LogP contribution < -0.4 is 45.0 Å². The van der Waals surface area contributed by atoms with E-state index in [-0.39, 0.29) is 31.8 Å². The smallest absolute Gasteiger partial charge is 0.407 e. The van der Waals surface area contributed by atoms with Gasteiger partial charge in [-0.2, -0.15) is 0 Å². The highest BCUT2D eigenvalue weighted by molar-refractivity contribution is 5.75. The number of primary amides is 1. The molecule has 0 aliphatic heterocycles. The van der Waals surface area contributed by atoms with E-state index in [1.807, 2.05) is 0 Å². The van der Waals surface area contributed by atoms with Crippen LogP contribution in [0.1, 0.15) is 51.4 Å². The average Bonchev–Trinajstić information content (AvgIpc) is 2.82. The fourth-order valence-electron chi connectivity index (χ4n) is 3.07. The Morgan fingerprint density at radius 1 is 0.694 bits per heavy atom. The van der Waals surface area contributed by atoms with Crippen molar-refractivity contribution >= 4 is 24.2 Å². The van der Waals surface area contributed by atoms with Crippen molar-refractivity contribution in [1.82, 2.24) is 10.6 Å². The quantitative estimate of drug-likeness (QED) is 0.0414. The van der Waals surface area contributed by atoms with Crippen LogP contribution in [0.5, 0.6) is 0 Å². The summed E-state index contributed by atoms with van der Waals surface area (Å²) in [6.45, 7) is 1.26. The molecule has 36 heavy (non-hydrogen) atoms. The summed E-state index contributed by atoms with van der Waals surface area (Å²) >= 11 is 0. The molecule has 14 N–H and O–H groups in total. The highest BCUT2D eigenvalue weighted by atomic mass is 16.6. The number of carbonyl (C=O) groups is 3. The molecule has 0 aliphatic carbocycles. The van der Waals surface area contributed by atoms with Gasteiger partial charge in [-0.1, -0.05) is 12.8 Å². The van der Waals surface area contributed by atoms with Crippen molar-refractivity contribution in [3.63, 3.8) is 0 Å². The summed E-state index contributed by atoms with van der Waals surface area (Å²) in [4.78, 5) is 39.3. The van der Waals surface area contributed by atoms with Crippen molar-refractivity contribution in [3.8, 4) is 0 Å². The third-order valence-electron chi connectivity index (χ3n) is 4.96. The lowest BCUT2D eigenvalue weighted by atomic mass is 10.1. The van der Waals surface area contributed by atoms with Crippen LogP contribution in [0.3, 0.4) is 0 Å². The predicted octanol–water partition coefficient (Wildman–Crippen LogP) is -1.09. The van der Waals surface area contributed by atoms with Crippen LogP contribution in [0.15, 0.2) is 4.99 Å². The number of nitrogens with two attached hydrogens (primary N) is 6. The van der Waals surface area contributed by atoms with E-state index in [0.717, 1.165) is 19.3 Å². The summed E-state index contributed by atoms with van der Waals surface area (Å²) < 4.78 is 15.3. The Hall–Kier alpha value is -3.04. The highest BCUT2D eigenvalue weighted by Gasteiger charge is 2.19. The number of alkyl carbamates (subject to hydrolysis) is 2. The number of carbonyl (C=O) groups excluding carboxylic acids is 3. The van der Waals surface area contributed by atoms with E-state index in [0.29, 0.717) is 51.7 Å². The molecule has 0 unspecified atom stereocenters. The minimum Gasteiger partial charge on any atom is -0.448 e. The summed E-state index contributed by atoms with van der Waals surface area (Å²) in [6.07, 6.45) is 2.85. The van der Waals surface area contributed by atoms with E-state index in [9.17, 15) is 14.4 Å². The van der Waals surface area contributed by atoms with E-state index in [1.165, 1.54) is 0 Å². The second kappa shape index (κ2) is 21.3. The van der Waals surface area contributed by atoms with Crippen LogP contribution in [0.4, 0.5) is 14.4 Å². The van der Waals surface area contributed by atoms with Crippen molar-refractivity contribution in [2.45, 2.75) is 69.5 Å². The maximum atomic E-state index is 12.3. The molecule has 0 heterocycles. The summed E-state index contributed by atoms with van der Waals surface area (Å²) in [6, 6.07) is -1.36. The van der Waals surface area contributed by atoms with Gasteiger partial charge in [-0.25, -0.2) is 14.4 Å². The van der Waals surface area contributed by atoms with E-state index < -0.39 is 30.4 Å². The van der Waals surface area contributed by atoms with E-state index in [4.69, 9.17) is 48.6 Å². The molecule has 0 aromatic carbocycles. The molecule has 0 saturated heterocycles. The molecule has 210 valence electrons. The van der Waals surface area contributed by atoms with E-state index >= 15 is 0 Å². The van der Waals surface area contributed by atoms with E-state index in [2.05, 4.69) is 15.6 Å². The molecule has 0 spiro atoms. The SMILES string of the molecule is NCCCC[C@H](COC(N)=O)NC(=O)OC[C@H](CCCCN)NC(=O)OC[C@@H](N)CCCN=C(N)N. The Bertz CT molecular complexity index is 649. The first-order valence-electron chi connectivity index (χ1n) is 12.2. The third-order valence-corrected chi connectivity index (χ3v) is 4.96. The first-order chi connectivity index (χ1) is 17.2. The molecule has 0 bridgehead atoms. The van der Waals surface area contributed by atoms with Crippen LogP contribution in [0.25, 0.3) is 0 Å². The largest absolute Gasteiger partial charge is 0.448 e. The van der Waals surface area contributed by atoms with Crippen molar-refractivity contribution in [2.24, 2.45) is 39.4 Å². The molecule has 0 rings (SSSR count). The number of guanidine groups is 1. The van der Waals surface area contributed by atoms with Gasteiger partial charge >= 0.3 is 18.3 Å². The number of amides is 3. The van der Waals surface area contributed by atoms with Crippen molar-refractivity contribution < 1.29 is 28.6 Å². The zero-order valence-corrected chi connectivity index (χ0v) is 21.0. The Morgan fingerprint density at radius 3 is 1.67 bits per heavy atom. The Morgan fingerprint density at radius 2 is 1.19 bits per heavy atom. The average molecular weight is 520 g/mol. The van der Waals surface area contributed by atoms with Crippen molar-refractivity contribution in [3.05, 3.63) is 0 Å². The zero-order chi connectivity index (χ0) is 27.2. The Balaban J connectivity index is 4.62. The first-order valence-corrected chi connectivity index (χ1v) is 12.2. The van der Waals surface area contributed by atoms with E-state index in [1.54, 1.807) is 0 Å². The fraction of sp³-hybridized carbons (Fsp3) is 0.810. The number of hydrogen-bond acceptors (Lipinski definition) is 10. The van der Waals surface area contributed by atoms with Crippen LogP contribution in [0, 0.1) is 0 Å². The molecule has 0 aromatic heterocycles. The number of aliphatic imine (C=N–C) groups is 1. The predicted molar refractivity (Wildman–Crippen MR) is 136 cm³/mol. The number of ether oxygens (including phenoxy) is 3. The second-order valence-electron chi connectivity index (χ2n) is 8.29. The number of rotatable bonds is 20. The van der Waals surface area contributed by atoms with Crippen LogP contribution in [-0.4, -0.2) is 81.8 Å². The minimum atomic E-state index is -0.940.